The first-order chi connectivity index (χ1) is 4.97. The molecule has 11 heavy (non-hydrogen) atoms. The summed E-state index contributed by atoms with van der Waals surface area (Å²) in [5.41, 5.74) is -0.112. The highest BCUT2D eigenvalue weighted by Gasteiger charge is 2.63. The summed E-state index contributed by atoms with van der Waals surface area (Å²) in [7, 11) is 0. The van der Waals surface area contributed by atoms with Crippen molar-refractivity contribution in [3.05, 3.63) is 0 Å². The molecule has 1 saturated carbocycles. The zero-order valence-corrected chi connectivity index (χ0v) is 7.31. The predicted octanol–water partition coefficient (Wildman–Crippen LogP) is 1.74. The van der Waals surface area contributed by atoms with Crippen molar-refractivity contribution in [2.75, 3.05) is 0 Å². The van der Waals surface area contributed by atoms with Crippen LogP contribution in [0.4, 0.5) is 0 Å². The van der Waals surface area contributed by atoms with E-state index >= 15 is 0 Å². The molecule has 2 nitrogen and oxygen atoms in total. The monoisotopic (exact) mass is 154 g/mol. The molecule has 0 N–H and O–H groups in total. The minimum absolute atomic E-state index is 0.0174. The van der Waals surface area contributed by atoms with Crippen LogP contribution in [0.5, 0.6) is 0 Å². The standard InChI is InChI=1S/C9H14O2/c1-8(2)6-4-5-9(8,3)11-7(6)10/h6H,4-5H2,1-3H3. The molecule has 2 atom stereocenters. The van der Waals surface area contributed by atoms with E-state index in [-0.39, 0.29) is 22.9 Å². The lowest BCUT2D eigenvalue weighted by molar-refractivity contribution is -0.155. The van der Waals surface area contributed by atoms with E-state index in [0.29, 0.717) is 0 Å². The van der Waals surface area contributed by atoms with Gasteiger partial charge in [-0.3, -0.25) is 4.79 Å². The van der Waals surface area contributed by atoms with Gasteiger partial charge in [-0.15, -0.1) is 0 Å². The molecule has 1 heterocycles. The molecule has 1 saturated heterocycles. The first kappa shape index (κ1) is 7.14. The lowest BCUT2D eigenvalue weighted by atomic mass is 9.76. The van der Waals surface area contributed by atoms with E-state index in [4.69, 9.17) is 4.74 Å². The molecule has 0 aromatic heterocycles. The third-order valence-electron chi connectivity index (χ3n) is 3.75. The van der Waals surface area contributed by atoms with Crippen molar-refractivity contribution in [2.24, 2.45) is 11.3 Å². The van der Waals surface area contributed by atoms with Gasteiger partial charge in [0.1, 0.15) is 5.60 Å². The van der Waals surface area contributed by atoms with Crippen LogP contribution in [0.25, 0.3) is 0 Å². The molecule has 2 heteroatoms. The molecule has 2 bridgehead atoms. The summed E-state index contributed by atoms with van der Waals surface area (Å²) in [6.07, 6.45) is 2.05. The van der Waals surface area contributed by atoms with E-state index in [0.717, 1.165) is 12.8 Å². The maximum atomic E-state index is 11.2. The van der Waals surface area contributed by atoms with Gasteiger partial charge in [-0.05, 0) is 19.8 Å². The maximum Gasteiger partial charge on any atom is 0.310 e. The molecular formula is C9H14O2. The van der Waals surface area contributed by atoms with Crippen LogP contribution in [0.2, 0.25) is 0 Å². The summed E-state index contributed by atoms with van der Waals surface area (Å²) in [6.45, 7) is 6.32. The van der Waals surface area contributed by atoms with E-state index in [1.165, 1.54) is 0 Å². The van der Waals surface area contributed by atoms with Crippen LogP contribution in [0.3, 0.4) is 0 Å². The number of hydrogen-bond acceptors (Lipinski definition) is 2. The summed E-state index contributed by atoms with van der Waals surface area (Å²) < 4.78 is 5.32. The minimum atomic E-state index is -0.172. The van der Waals surface area contributed by atoms with E-state index in [2.05, 4.69) is 20.8 Å². The molecule has 2 fully saturated rings. The van der Waals surface area contributed by atoms with Crippen LogP contribution in [-0.2, 0) is 9.53 Å². The molecule has 2 rings (SSSR count). The Kier molecular flexibility index (Phi) is 1.05. The number of carbonyl (C=O) groups excluding carboxylic acids is 1. The van der Waals surface area contributed by atoms with E-state index in [1.54, 1.807) is 0 Å². The average Bonchev–Trinajstić information content (AvgIpc) is 2.13. The number of carbonyl (C=O) groups is 1. The van der Waals surface area contributed by atoms with E-state index in [1.807, 2.05) is 0 Å². The number of hydrogen-bond donors (Lipinski definition) is 0. The summed E-state index contributed by atoms with van der Waals surface area (Å²) in [5, 5.41) is 0. The van der Waals surface area contributed by atoms with Gasteiger partial charge in [0.25, 0.3) is 0 Å². The molecular weight excluding hydrogens is 140 g/mol. The SMILES string of the molecule is CC12CCC(C(=O)O1)C2(C)C. The number of rotatable bonds is 0. The fraction of sp³-hybridized carbons (Fsp3) is 0.889. The van der Waals surface area contributed by atoms with E-state index in [9.17, 15) is 4.79 Å². The van der Waals surface area contributed by atoms with Crippen LogP contribution >= 0.6 is 0 Å². The second-order valence-corrected chi connectivity index (χ2v) is 4.46. The summed E-state index contributed by atoms with van der Waals surface area (Å²) in [5.74, 6) is 0.177. The Morgan fingerprint density at radius 2 is 2.09 bits per heavy atom. The number of ether oxygens (including phenoxy) is 1. The molecule has 2 unspecified atom stereocenters. The first-order valence-corrected chi connectivity index (χ1v) is 4.20. The van der Waals surface area contributed by atoms with E-state index < -0.39 is 0 Å². The van der Waals surface area contributed by atoms with Gasteiger partial charge < -0.3 is 4.74 Å². The predicted molar refractivity (Wildman–Crippen MR) is 41.0 cm³/mol. The van der Waals surface area contributed by atoms with Crippen molar-refractivity contribution in [1.29, 1.82) is 0 Å². The van der Waals surface area contributed by atoms with Crippen LogP contribution < -0.4 is 0 Å². The van der Waals surface area contributed by atoms with Gasteiger partial charge in [0, 0.05) is 5.41 Å². The van der Waals surface area contributed by atoms with Crippen molar-refractivity contribution in [1.82, 2.24) is 0 Å². The summed E-state index contributed by atoms with van der Waals surface area (Å²) in [6, 6.07) is 0. The Balaban J connectivity index is 2.45. The molecule has 2 aliphatic rings. The Morgan fingerprint density at radius 3 is 2.27 bits per heavy atom. The van der Waals surface area contributed by atoms with Crippen LogP contribution in [0.1, 0.15) is 33.6 Å². The van der Waals surface area contributed by atoms with Crippen LogP contribution in [-0.4, -0.2) is 11.6 Å². The van der Waals surface area contributed by atoms with Crippen molar-refractivity contribution >= 4 is 5.97 Å². The quantitative estimate of drug-likeness (QED) is 0.497. The molecule has 62 valence electrons. The van der Waals surface area contributed by atoms with Gasteiger partial charge >= 0.3 is 5.97 Å². The van der Waals surface area contributed by atoms with Crippen molar-refractivity contribution in [3.63, 3.8) is 0 Å². The summed E-state index contributed by atoms with van der Waals surface area (Å²) >= 11 is 0. The molecule has 0 radical (unpaired) electrons. The Bertz CT molecular complexity index is 217. The smallest absolute Gasteiger partial charge is 0.310 e. The largest absolute Gasteiger partial charge is 0.459 e. The Labute approximate surface area is 66.9 Å². The summed E-state index contributed by atoms with van der Waals surface area (Å²) in [4.78, 5) is 11.2. The van der Waals surface area contributed by atoms with Crippen LogP contribution in [0.15, 0.2) is 0 Å². The number of fused-ring (bicyclic) bond motifs is 2. The first-order valence-electron chi connectivity index (χ1n) is 4.20. The number of esters is 1. The maximum absolute atomic E-state index is 11.2. The van der Waals surface area contributed by atoms with Crippen LogP contribution in [0, 0.1) is 11.3 Å². The lowest BCUT2D eigenvalue weighted by Gasteiger charge is -2.30. The second-order valence-electron chi connectivity index (χ2n) is 4.46. The van der Waals surface area contributed by atoms with Crippen molar-refractivity contribution in [3.8, 4) is 0 Å². The Morgan fingerprint density at radius 1 is 1.45 bits per heavy atom. The molecule has 0 amide bonds. The third-order valence-corrected chi connectivity index (χ3v) is 3.75. The van der Waals surface area contributed by atoms with Crippen molar-refractivity contribution in [2.45, 2.75) is 39.2 Å². The molecule has 0 aromatic carbocycles. The van der Waals surface area contributed by atoms with Gasteiger partial charge in [0.15, 0.2) is 0 Å². The highest BCUT2D eigenvalue weighted by molar-refractivity contribution is 5.78. The van der Waals surface area contributed by atoms with Gasteiger partial charge in [-0.1, -0.05) is 13.8 Å². The third kappa shape index (κ3) is 0.608. The van der Waals surface area contributed by atoms with Gasteiger partial charge in [0.05, 0.1) is 5.92 Å². The molecule has 0 aromatic rings. The zero-order valence-electron chi connectivity index (χ0n) is 7.31. The molecule has 0 spiro atoms. The topological polar surface area (TPSA) is 26.3 Å². The average molecular weight is 154 g/mol. The zero-order chi connectivity index (χ0) is 8.28. The van der Waals surface area contributed by atoms with Crippen molar-refractivity contribution < 1.29 is 9.53 Å². The van der Waals surface area contributed by atoms with Gasteiger partial charge in [-0.25, -0.2) is 0 Å². The van der Waals surface area contributed by atoms with Gasteiger partial charge in [-0.2, -0.15) is 0 Å². The minimum Gasteiger partial charge on any atom is -0.459 e. The normalized spacial score (nSPS) is 46.1. The Hall–Kier alpha value is -0.530. The highest BCUT2D eigenvalue weighted by atomic mass is 16.6. The second kappa shape index (κ2) is 1.62. The fourth-order valence-corrected chi connectivity index (χ4v) is 2.36. The molecule has 1 aliphatic heterocycles. The fourth-order valence-electron chi connectivity index (χ4n) is 2.36. The molecule has 1 aliphatic carbocycles. The van der Waals surface area contributed by atoms with Gasteiger partial charge in [0.2, 0.25) is 0 Å². The lowest BCUT2D eigenvalue weighted by Crippen LogP contribution is -2.35. The highest BCUT2D eigenvalue weighted by Crippen LogP contribution is 2.57.